The fraction of sp³-hybridized carbons (Fsp3) is 0.682. The predicted molar refractivity (Wildman–Crippen MR) is 115 cm³/mol. The molecule has 166 valence electrons. The van der Waals surface area contributed by atoms with Crippen molar-refractivity contribution >= 4 is 11.8 Å². The van der Waals surface area contributed by atoms with E-state index in [2.05, 4.69) is 24.0 Å². The van der Waals surface area contributed by atoms with E-state index in [4.69, 9.17) is 4.74 Å². The molecule has 2 saturated heterocycles. The third-order valence-corrected chi connectivity index (χ3v) is 6.22. The minimum Gasteiger partial charge on any atom is -0.384 e. The Morgan fingerprint density at radius 3 is 2.37 bits per heavy atom. The third kappa shape index (κ3) is 5.36. The van der Waals surface area contributed by atoms with E-state index in [1.165, 1.54) is 0 Å². The second-order valence-corrected chi connectivity index (χ2v) is 9.12. The van der Waals surface area contributed by atoms with Crippen molar-refractivity contribution in [3.05, 3.63) is 30.1 Å². The molecular formula is C22H35N5O3. The lowest BCUT2D eigenvalue weighted by Gasteiger charge is -2.32. The van der Waals surface area contributed by atoms with E-state index in [1.54, 1.807) is 19.5 Å². The first-order chi connectivity index (χ1) is 14.3. The molecule has 0 aromatic carbocycles. The minimum atomic E-state index is -0.0500. The van der Waals surface area contributed by atoms with Gasteiger partial charge in [-0.05, 0) is 38.8 Å². The Bertz CT molecular complexity index is 729. The van der Waals surface area contributed by atoms with Crippen LogP contribution in [0.5, 0.6) is 0 Å². The van der Waals surface area contributed by atoms with Gasteiger partial charge in [0.15, 0.2) is 0 Å². The molecule has 0 spiro atoms. The molecule has 0 aliphatic carbocycles. The van der Waals surface area contributed by atoms with Crippen molar-refractivity contribution in [2.24, 2.45) is 11.3 Å². The number of ether oxygens (including phenoxy) is 1. The number of fused-ring (bicyclic) bond motifs is 1. The van der Waals surface area contributed by atoms with Crippen LogP contribution in [0.25, 0.3) is 0 Å². The zero-order valence-corrected chi connectivity index (χ0v) is 18.7. The number of hydrogen-bond acceptors (Lipinski definition) is 6. The van der Waals surface area contributed by atoms with E-state index in [-0.39, 0.29) is 17.2 Å². The molecule has 2 fully saturated rings. The van der Waals surface area contributed by atoms with Gasteiger partial charge >= 0.3 is 0 Å². The molecule has 8 nitrogen and oxygen atoms in total. The first kappa shape index (κ1) is 22.7. The van der Waals surface area contributed by atoms with Crippen molar-refractivity contribution < 1.29 is 14.3 Å². The van der Waals surface area contributed by atoms with Crippen LogP contribution in [0.1, 0.15) is 12.0 Å². The maximum Gasteiger partial charge on any atom is 0.236 e. The number of carbonyl (C=O) groups is 2. The lowest BCUT2D eigenvalue weighted by molar-refractivity contribution is -0.133. The molecule has 8 heteroatoms. The van der Waals surface area contributed by atoms with Gasteiger partial charge in [-0.3, -0.25) is 19.5 Å². The molecule has 0 unspecified atom stereocenters. The summed E-state index contributed by atoms with van der Waals surface area (Å²) >= 11 is 0. The number of rotatable bonds is 9. The first-order valence-corrected chi connectivity index (χ1v) is 10.6. The van der Waals surface area contributed by atoms with Gasteiger partial charge in [0.2, 0.25) is 11.8 Å². The Balaban J connectivity index is 1.60. The van der Waals surface area contributed by atoms with E-state index in [0.29, 0.717) is 32.0 Å². The van der Waals surface area contributed by atoms with Crippen molar-refractivity contribution in [2.75, 3.05) is 74.1 Å². The average molecular weight is 418 g/mol. The molecule has 2 amide bonds. The molecule has 2 atom stereocenters. The number of methoxy groups -OCH3 is 1. The number of likely N-dealkylation sites (tertiary alicyclic amines) is 2. The summed E-state index contributed by atoms with van der Waals surface area (Å²) in [5, 5.41) is 0. The normalized spacial score (nSPS) is 23.5. The Labute approximate surface area is 179 Å². The van der Waals surface area contributed by atoms with Crippen LogP contribution in [0.2, 0.25) is 0 Å². The topological polar surface area (TPSA) is 69.2 Å². The Kier molecular flexibility index (Phi) is 7.44. The van der Waals surface area contributed by atoms with Gasteiger partial charge in [-0.15, -0.1) is 0 Å². The molecule has 3 rings (SSSR count). The van der Waals surface area contributed by atoms with Crippen molar-refractivity contribution in [3.63, 3.8) is 0 Å². The van der Waals surface area contributed by atoms with E-state index >= 15 is 0 Å². The van der Waals surface area contributed by atoms with E-state index in [0.717, 1.165) is 38.3 Å². The lowest BCUT2D eigenvalue weighted by Crippen LogP contribution is -2.45. The highest BCUT2D eigenvalue weighted by Crippen LogP contribution is 2.43. The Hall–Kier alpha value is -2.03. The quantitative estimate of drug-likeness (QED) is 0.579. The number of hydrogen-bond donors (Lipinski definition) is 0. The molecule has 30 heavy (non-hydrogen) atoms. The summed E-state index contributed by atoms with van der Waals surface area (Å²) < 4.78 is 5.07. The van der Waals surface area contributed by atoms with Gasteiger partial charge in [0.05, 0.1) is 19.6 Å². The zero-order chi connectivity index (χ0) is 21.7. The highest BCUT2D eigenvalue weighted by Gasteiger charge is 2.54. The summed E-state index contributed by atoms with van der Waals surface area (Å²) in [6.07, 6.45) is 3.97. The number of pyridine rings is 1. The van der Waals surface area contributed by atoms with Crippen molar-refractivity contribution in [1.29, 1.82) is 0 Å². The summed E-state index contributed by atoms with van der Waals surface area (Å²) in [5.41, 5.74) is 1.10. The molecular weight excluding hydrogens is 382 g/mol. The molecule has 2 aliphatic heterocycles. The second-order valence-electron chi connectivity index (χ2n) is 9.12. The van der Waals surface area contributed by atoms with Crippen LogP contribution in [0, 0.1) is 11.3 Å². The SMILES string of the molecule is COCCC(=O)N1C[C@@H]2CN(C(=O)CN(C)Cc3ccncc3)C[C@]2(CN(C)C)C1. The van der Waals surface area contributed by atoms with E-state index < -0.39 is 0 Å². The van der Waals surface area contributed by atoms with Crippen LogP contribution in [0.15, 0.2) is 24.5 Å². The van der Waals surface area contributed by atoms with Crippen LogP contribution >= 0.6 is 0 Å². The van der Waals surface area contributed by atoms with Crippen molar-refractivity contribution in [2.45, 2.75) is 13.0 Å². The summed E-state index contributed by atoms with van der Waals surface area (Å²) in [4.78, 5) is 37.8. The lowest BCUT2D eigenvalue weighted by atomic mass is 9.80. The number of carbonyl (C=O) groups excluding carboxylic acids is 2. The molecule has 0 bridgehead atoms. The van der Waals surface area contributed by atoms with Crippen LogP contribution in [0.3, 0.4) is 0 Å². The molecule has 0 N–H and O–H groups in total. The highest BCUT2D eigenvalue weighted by molar-refractivity contribution is 5.79. The summed E-state index contributed by atoms with van der Waals surface area (Å²) in [5.74, 6) is 0.636. The Morgan fingerprint density at radius 1 is 1.13 bits per heavy atom. The predicted octanol–water partition coefficient (Wildman–Crippen LogP) is 0.399. The largest absolute Gasteiger partial charge is 0.384 e. The van der Waals surface area contributed by atoms with Gasteiger partial charge in [-0.2, -0.15) is 0 Å². The summed E-state index contributed by atoms with van der Waals surface area (Å²) in [6, 6.07) is 3.95. The smallest absolute Gasteiger partial charge is 0.236 e. The van der Waals surface area contributed by atoms with Crippen LogP contribution < -0.4 is 0 Å². The van der Waals surface area contributed by atoms with Crippen LogP contribution in [-0.4, -0.2) is 111 Å². The van der Waals surface area contributed by atoms with Crippen LogP contribution in [0.4, 0.5) is 0 Å². The standard InChI is InChI=1S/C22H35N5O3/c1-24(2)15-22-16-26(20(28)7-10-30-4)12-19(22)13-27(17-22)21(29)14-25(3)11-18-5-8-23-9-6-18/h5-6,8-9,19H,7,10-17H2,1-4H3/t19-,22+/m1/s1. The van der Waals surface area contributed by atoms with Crippen molar-refractivity contribution in [1.82, 2.24) is 24.6 Å². The molecule has 0 saturated carbocycles. The fourth-order valence-corrected chi connectivity index (χ4v) is 4.95. The first-order valence-electron chi connectivity index (χ1n) is 10.6. The molecule has 3 heterocycles. The van der Waals surface area contributed by atoms with Crippen molar-refractivity contribution in [3.8, 4) is 0 Å². The molecule has 1 aromatic rings. The van der Waals surface area contributed by atoms with Gasteiger partial charge < -0.3 is 19.4 Å². The van der Waals surface area contributed by atoms with Gasteiger partial charge in [0.25, 0.3) is 0 Å². The number of aromatic nitrogens is 1. The Morgan fingerprint density at radius 2 is 1.77 bits per heavy atom. The zero-order valence-electron chi connectivity index (χ0n) is 18.7. The number of nitrogens with zero attached hydrogens (tertiary/aromatic N) is 5. The maximum atomic E-state index is 13.0. The van der Waals surface area contributed by atoms with Gasteiger partial charge in [-0.1, -0.05) is 0 Å². The summed E-state index contributed by atoms with van der Waals surface area (Å²) in [7, 11) is 7.72. The monoisotopic (exact) mass is 417 g/mol. The third-order valence-electron chi connectivity index (χ3n) is 6.22. The highest BCUT2D eigenvalue weighted by atomic mass is 16.5. The average Bonchev–Trinajstić information content (AvgIpc) is 3.20. The molecule has 0 radical (unpaired) electrons. The maximum absolute atomic E-state index is 13.0. The minimum absolute atomic E-state index is 0.0500. The van der Waals surface area contributed by atoms with Crippen LogP contribution in [-0.2, 0) is 20.9 Å². The van der Waals surface area contributed by atoms with Gasteiger partial charge in [0.1, 0.15) is 0 Å². The molecule has 1 aromatic heterocycles. The second kappa shape index (κ2) is 9.85. The molecule has 2 aliphatic rings. The fourth-order valence-electron chi connectivity index (χ4n) is 4.95. The number of amides is 2. The van der Waals surface area contributed by atoms with E-state index in [9.17, 15) is 9.59 Å². The summed E-state index contributed by atoms with van der Waals surface area (Å²) in [6.45, 7) is 5.33. The van der Waals surface area contributed by atoms with E-state index in [1.807, 2.05) is 33.9 Å². The van der Waals surface area contributed by atoms with Gasteiger partial charge in [-0.25, -0.2) is 0 Å². The number of likely N-dealkylation sites (N-methyl/N-ethyl adjacent to an activating group) is 1. The van der Waals surface area contributed by atoms with Gasteiger partial charge in [0, 0.05) is 70.1 Å².